The first-order valence-electron chi connectivity index (χ1n) is 10.2. The number of nitrogens with one attached hydrogen (secondary N) is 1. The number of nitrogens with zero attached hydrogens (tertiary/aromatic N) is 1. The van der Waals surface area contributed by atoms with Crippen LogP contribution in [0, 0.1) is 0 Å². The quantitative estimate of drug-likeness (QED) is 0.455. The Balaban J connectivity index is 1.70. The summed E-state index contributed by atoms with van der Waals surface area (Å²) in [5, 5.41) is 3.72. The Hall–Kier alpha value is -3.11. The number of hydrogen-bond acceptors (Lipinski definition) is 8. The van der Waals surface area contributed by atoms with E-state index in [0.29, 0.717) is 40.2 Å². The number of amides is 1. The summed E-state index contributed by atoms with van der Waals surface area (Å²) in [4.78, 5) is 17.0. The fourth-order valence-corrected chi connectivity index (χ4v) is 5.11. The molecule has 176 valence electrons. The molecule has 3 aromatic rings. The minimum atomic E-state index is -3.78. The van der Waals surface area contributed by atoms with Gasteiger partial charge < -0.3 is 19.5 Å². The molecule has 0 aliphatic heterocycles. The normalized spacial score (nSPS) is 12.1. The number of hydrogen-bond donors (Lipinski definition) is 1. The molecule has 2 aromatic carbocycles. The number of sulfone groups is 1. The van der Waals surface area contributed by atoms with Gasteiger partial charge in [-0.25, -0.2) is 13.4 Å². The van der Waals surface area contributed by atoms with E-state index in [-0.39, 0.29) is 5.75 Å². The van der Waals surface area contributed by atoms with Crippen molar-refractivity contribution in [1.82, 2.24) is 4.98 Å². The van der Waals surface area contributed by atoms with E-state index < -0.39 is 21.0 Å². The highest BCUT2D eigenvalue weighted by Gasteiger charge is 2.29. The second-order valence-corrected chi connectivity index (χ2v) is 10.3. The first-order valence-corrected chi connectivity index (χ1v) is 12.8. The van der Waals surface area contributed by atoms with E-state index in [1.165, 1.54) is 18.3 Å². The predicted octanol–water partition coefficient (Wildman–Crippen LogP) is 4.17. The van der Waals surface area contributed by atoms with Crippen LogP contribution >= 0.6 is 11.3 Å². The summed E-state index contributed by atoms with van der Waals surface area (Å²) in [6.45, 7) is 3.77. The zero-order valence-electron chi connectivity index (χ0n) is 18.8. The minimum absolute atomic E-state index is 0.338. The molecule has 0 saturated carbocycles. The van der Waals surface area contributed by atoms with E-state index >= 15 is 0 Å². The first-order chi connectivity index (χ1) is 15.8. The van der Waals surface area contributed by atoms with Gasteiger partial charge in [0.1, 0.15) is 16.0 Å². The Kier molecular flexibility index (Phi) is 7.93. The maximum atomic E-state index is 12.8. The molecule has 0 radical (unpaired) electrons. The van der Waals surface area contributed by atoms with E-state index in [1.54, 1.807) is 56.0 Å². The van der Waals surface area contributed by atoms with Crippen molar-refractivity contribution in [2.75, 3.05) is 26.1 Å². The number of benzene rings is 2. The number of carbonyl (C=O) groups is 1. The largest absolute Gasteiger partial charge is 0.497 e. The van der Waals surface area contributed by atoms with Crippen molar-refractivity contribution in [2.45, 2.75) is 24.9 Å². The summed E-state index contributed by atoms with van der Waals surface area (Å²) in [5.41, 5.74) is 1.66. The highest BCUT2D eigenvalue weighted by atomic mass is 32.2. The van der Waals surface area contributed by atoms with Crippen LogP contribution in [-0.4, -0.2) is 45.4 Å². The van der Waals surface area contributed by atoms with E-state index in [2.05, 4.69) is 10.3 Å². The average molecular weight is 491 g/mol. The molecular weight excluding hydrogens is 464 g/mol. The third-order valence-corrected chi connectivity index (χ3v) is 7.81. The van der Waals surface area contributed by atoms with Crippen LogP contribution in [0.4, 0.5) is 5.69 Å². The van der Waals surface area contributed by atoms with Crippen LogP contribution in [0.2, 0.25) is 0 Å². The Morgan fingerprint density at radius 2 is 1.82 bits per heavy atom. The molecule has 0 aliphatic rings. The highest BCUT2D eigenvalue weighted by Crippen LogP contribution is 2.34. The lowest BCUT2D eigenvalue weighted by Gasteiger charge is -2.13. The van der Waals surface area contributed by atoms with Gasteiger partial charge in [0, 0.05) is 16.6 Å². The minimum Gasteiger partial charge on any atom is -0.497 e. The molecule has 1 aromatic heterocycles. The lowest BCUT2D eigenvalue weighted by atomic mass is 10.2. The summed E-state index contributed by atoms with van der Waals surface area (Å²) in [7, 11) is -0.683. The molecular formula is C23H26N2O6S2. The third kappa shape index (κ3) is 6.02. The molecule has 33 heavy (non-hydrogen) atoms. The molecule has 10 heteroatoms. The van der Waals surface area contributed by atoms with Gasteiger partial charge in [-0.05, 0) is 56.3 Å². The van der Waals surface area contributed by atoms with Crippen LogP contribution in [0.1, 0.15) is 19.5 Å². The zero-order valence-corrected chi connectivity index (χ0v) is 20.5. The van der Waals surface area contributed by atoms with E-state index in [1.807, 2.05) is 13.0 Å². The number of thiazole rings is 1. The van der Waals surface area contributed by atoms with Gasteiger partial charge in [0.05, 0.1) is 32.3 Å². The van der Waals surface area contributed by atoms with Crippen molar-refractivity contribution in [3.05, 3.63) is 53.5 Å². The van der Waals surface area contributed by atoms with Crippen LogP contribution in [0.25, 0.3) is 10.6 Å². The van der Waals surface area contributed by atoms with Crippen molar-refractivity contribution in [3.8, 4) is 27.8 Å². The van der Waals surface area contributed by atoms with Crippen LogP contribution < -0.4 is 19.5 Å². The average Bonchev–Trinajstić information content (AvgIpc) is 3.27. The summed E-state index contributed by atoms with van der Waals surface area (Å²) in [6, 6.07) is 12.1. The Morgan fingerprint density at radius 3 is 2.45 bits per heavy atom. The summed E-state index contributed by atoms with van der Waals surface area (Å²) >= 11 is 1.32. The first kappa shape index (κ1) is 24.5. The summed E-state index contributed by atoms with van der Waals surface area (Å²) < 4.78 is 41.7. The van der Waals surface area contributed by atoms with E-state index in [9.17, 15) is 13.2 Å². The Labute approximate surface area is 197 Å². The van der Waals surface area contributed by atoms with Gasteiger partial charge in [-0.2, -0.15) is 0 Å². The maximum absolute atomic E-state index is 12.8. The fraction of sp³-hybridized carbons (Fsp3) is 0.304. The van der Waals surface area contributed by atoms with Gasteiger partial charge in [0.2, 0.25) is 5.91 Å². The number of carbonyl (C=O) groups excluding carboxylic acids is 1. The molecule has 1 amide bonds. The summed E-state index contributed by atoms with van der Waals surface area (Å²) in [6.07, 6.45) is 0. The SMILES string of the molecule is CCOc1ccc(-c2nc(CS(=O)(=O)C(C)C(=O)Nc3ccc(OC)cc3)cs2)cc1OC. The second kappa shape index (κ2) is 10.7. The zero-order chi connectivity index (χ0) is 24.0. The van der Waals surface area contributed by atoms with Gasteiger partial charge >= 0.3 is 0 Å². The maximum Gasteiger partial charge on any atom is 0.242 e. The highest BCUT2D eigenvalue weighted by molar-refractivity contribution is 7.92. The molecule has 1 heterocycles. The van der Waals surface area contributed by atoms with Gasteiger partial charge in [-0.3, -0.25) is 4.79 Å². The second-order valence-electron chi connectivity index (χ2n) is 7.11. The van der Waals surface area contributed by atoms with Crippen LogP contribution in [-0.2, 0) is 20.4 Å². The molecule has 0 fully saturated rings. The molecule has 1 atom stereocenters. The molecule has 8 nitrogen and oxygen atoms in total. The van der Waals surface area contributed by atoms with Crippen molar-refractivity contribution >= 4 is 32.8 Å². The Bertz CT molecular complexity index is 1210. The van der Waals surface area contributed by atoms with E-state index in [4.69, 9.17) is 14.2 Å². The van der Waals surface area contributed by atoms with Gasteiger partial charge in [0.15, 0.2) is 21.3 Å². The van der Waals surface area contributed by atoms with Crippen molar-refractivity contribution in [3.63, 3.8) is 0 Å². The van der Waals surface area contributed by atoms with E-state index in [0.717, 1.165) is 5.56 Å². The van der Waals surface area contributed by atoms with Gasteiger partial charge in [0.25, 0.3) is 0 Å². The van der Waals surface area contributed by atoms with Crippen molar-refractivity contribution < 1.29 is 27.4 Å². The number of methoxy groups -OCH3 is 2. The fourth-order valence-electron chi connectivity index (χ4n) is 2.99. The smallest absolute Gasteiger partial charge is 0.242 e. The van der Waals surface area contributed by atoms with Crippen molar-refractivity contribution in [1.29, 1.82) is 0 Å². The lowest BCUT2D eigenvalue weighted by molar-refractivity contribution is -0.115. The molecule has 0 aliphatic carbocycles. The van der Waals surface area contributed by atoms with Gasteiger partial charge in [-0.1, -0.05) is 0 Å². The molecule has 0 saturated heterocycles. The lowest BCUT2D eigenvalue weighted by Crippen LogP contribution is -2.33. The molecule has 3 rings (SSSR count). The molecule has 0 bridgehead atoms. The number of rotatable bonds is 10. The topological polar surface area (TPSA) is 104 Å². The standard InChI is InChI=1S/C23H26N2O6S2/c1-5-31-20-11-6-16(12-21(20)30-4)23-25-18(13-32-23)14-33(27,28)15(2)22(26)24-17-7-9-19(29-3)10-8-17/h6-13,15H,5,14H2,1-4H3,(H,24,26). The van der Waals surface area contributed by atoms with Crippen LogP contribution in [0.15, 0.2) is 47.8 Å². The third-order valence-electron chi connectivity index (χ3n) is 4.88. The molecule has 1 N–H and O–H groups in total. The molecule has 0 spiro atoms. The van der Waals surface area contributed by atoms with Crippen LogP contribution in [0.5, 0.6) is 17.2 Å². The van der Waals surface area contributed by atoms with Crippen LogP contribution in [0.3, 0.4) is 0 Å². The van der Waals surface area contributed by atoms with Crippen molar-refractivity contribution in [2.24, 2.45) is 0 Å². The summed E-state index contributed by atoms with van der Waals surface area (Å²) in [5.74, 6) is 0.891. The number of anilines is 1. The monoisotopic (exact) mass is 490 g/mol. The number of aromatic nitrogens is 1. The van der Waals surface area contributed by atoms with Gasteiger partial charge in [-0.15, -0.1) is 11.3 Å². The Morgan fingerprint density at radius 1 is 1.09 bits per heavy atom. The number of ether oxygens (including phenoxy) is 3. The molecule has 1 unspecified atom stereocenters. The predicted molar refractivity (Wildman–Crippen MR) is 129 cm³/mol.